The fraction of sp³-hybridized carbons (Fsp3) is 0.174. The van der Waals surface area contributed by atoms with Crippen LogP contribution in [-0.2, 0) is 9.59 Å². The van der Waals surface area contributed by atoms with E-state index in [0.717, 1.165) is 10.9 Å². The molecule has 3 aromatic rings. The van der Waals surface area contributed by atoms with Crippen molar-refractivity contribution >= 4 is 35.0 Å². The maximum absolute atomic E-state index is 11.4. The Kier molecular flexibility index (Phi) is 6.32. The van der Waals surface area contributed by atoms with Gasteiger partial charge in [-0.2, -0.15) is 0 Å². The number of aromatic nitrogens is 1. The van der Waals surface area contributed by atoms with Crippen molar-refractivity contribution in [3.05, 3.63) is 53.7 Å². The minimum absolute atomic E-state index is 0.222. The summed E-state index contributed by atoms with van der Waals surface area (Å²) in [6.07, 6.45) is 3.63. The first-order valence-corrected chi connectivity index (χ1v) is 9.12. The number of carbonyl (C=O) groups is 2. The molecule has 0 aliphatic carbocycles. The molecule has 7 heteroatoms. The summed E-state index contributed by atoms with van der Waals surface area (Å²) < 4.78 is 21.1. The van der Waals surface area contributed by atoms with Crippen LogP contribution in [0.1, 0.15) is 25.1 Å². The molecule has 30 heavy (non-hydrogen) atoms. The van der Waals surface area contributed by atoms with Crippen molar-refractivity contribution < 1.29 is 28.5 Å². The highest BCUT2D eigenvalue weighted by atomic mass is 16.6. The number of pyridine rings is 1. The lowest BCUT2D eigenvalue weighted by Gasteiger charge is -2.13. The number of para-hydroxylation sites is 1. The first-order chi connectivity index (χ1) is 14.4. The third-order valence-electron chi connectivity index (χ3n) is 4.13. The molecule has 0 fully saturated rings. The van der Waals surface area contributed by atoms with Crippen LogP contribution in [0, 0.1) is 0 Å². The van der Waals surface area contributed by atoms with Gasteiger partial charge in [0.25, 0.3) is 0 Å². The van der Waals surface area contributed by atoms with Gasteiger partial charge in [0.2, 0.25) is 5.75 Å². The topological polar surface area (TPSA) is 84.0 Å². The lowest BCUT2D eigenvalue weighted by Crippen LogP contribution is -2.05. The second-order valence-corrected chi connectivity index (χ2v) is 6.34. The monoisotopic (exact) mass is 407 g/mol. The number of methoxy groups -OCH3 is 2. The van der Waals surface area contributed by atoms with E-state index >= 15 is 0 Å². The van der Waals surface area contributed by atoms with Crippen molar-refractivity contribution in [2.24, 2.45) is 0 Å². The van der Waals surface area contributed by atoms with Crippen molar-refractivity contribution in [1.82, 2.24) is 4.98 Å². The molecule has 1 aromatic heterocycles. The molecule has 0 amide bonds. The Hall–Kier alpha value is -3.87. The van der Waals surface area contributed by atoms with Crippen molar-refractivity contribution in [3.63, 3.8) is 0 Å². The van der Waals surface area contributed by atoms with E-state index in [2.05, 4.69) is 4.98 Å². The van der Waals surface area contributed by atoms with Crippen LogP contribution in [0.2, 0.25) is 0 Å². The maximum atomic E-state index is 11.4. The normalized spacial score (nSPS) is 10.8. The van der Waals surface area contributed by atoms with Gasteiger partial charge in [-0.05, 0) is 35.9 Å². The average molecular weight is 407 g/mol. The lowest BCUT2D eigenvalue weighted by molar-refractivity contribution is -0.132. The summed E-state index contributed by atoms with van der Waals surface area (Å²) in [5.74, 6) is 0.487. The molecule has 0 N–H and O–H groups in total. The first-order valence-electron chi connectivity index (χ1n) is 9.12. The van der Waals surface area contributed by atoms with E-state index in [4.69, 9.17) is 18.9 Å². The molecule has 0 radical (unpaired) electrons. The highest BCUT2D eigenvalue weighted by molar-refractivity contribution is 5.88. The predicted molar refractivity (Wildman–Crippen MR) is 113 cm³/mol. The van der Waals surface area contributed by atoms with Crippen molar-refractivity contribution in [2.45, 2.75) is 13.8 Å². The molecular weight excluding hydrogens is 386 g/mol. The standard InChI is InChI=1S/C23H21NO6/c1-14(25)29-19-7-5-6-17-9-11-18(24-22(17)19)10-8-16-12-20(27-3)23(30-15(2)26)21(13-16)28-4/h5-13H,1-4H3. The predicted octanol–water partition coefficient (Wildman–Crippen LogP) is 4.27. The zero-order valence-electron chi connectivity index (χ0n) is 17.1. The highest BCUT2D eigenvalue weighted by Crippen LogP contribution is 2.39. The molecule has 0 bridgehead atoms. The number of rotatable bonds is 6. The fourth-order valence-corrected chi connectivity index (χ4v) is 2.89. The van der Waals surface area contributed by atoms with E-state index in [0.29, 0.717) is 28.5 Å². The fourth-order valence-electron chi connectivity index (χ4n) is 2.89. The van der Waals surface area contributed by atoms with Gasteiger partial charge in [0, 0.05) is 19.2 Å². The molecule has 3 rings (SSSR count). The van der Waals surface area contributed by atoms with Crippen LogP contribution in [0.5, 0.6) is 23.0 Å². The lowest BCUT2D eigenvalue weighted by atomic mass is 10.1. The number of carbonyl (C=O) groups excluding carboxylic acids is 2. The highest BCUT2D eigenvalue weighted by Gasteiger charge is 2.15. The van der Waals surface area contributed by atoms with E-state index < -0.39 is 11.9 Å². The summed E-state index contributed by atoms with van der Waals surface area (Å²) in [5, 5.41) is 0.861. The van der Waals surface area contributed by atoms with Crippen LogP contribution >= 0.6 is 0 Å². The maximum Gasteiger partial charge on any atom is 0.308 e. The molecular formula is C23H21NO6. The van der Waals surface area contributed by atoms with E-state index in [9.17, 15) is 9.59 Å². The molecule has 0 spiro atoms. The first kappa shape index (κ1) is 20.9. The number of hydrogen-bond donors (Lipinski definition) is 0. The van der Waals surface area contributed by atoms with Gasteiger partial charge >= 0.3 is 11.9 Å². The van der Waals surface area contributed by atoms with Gasteiger partial charge in [0.1, 0.15) is 5.52 Å². The molecule has 0 saturated heterocycles. The van der Waals surface area contributed by atoms with Gasteiger partial charge in [0.15, 0.2) is 17.2 Å². The molecule has 0 atom stereocenters. The Bertz CT molecular complexity index is 1110. The van der Waals surface area contributed by atoms with Crippen LogP contribution < -0.4 is 18.9 Å². The van der Waals surface area contributed by atoms with Gasteiger partial charge in [-0.3, -0.25) is 9.59 Å². The Morgan fingerprint density at radius 3 is 2.10 bits per heavy atom. The second-order valence-electron chi connectivity index (χ2n) is 6.34. The van der Waals surface area contributed by atoms with Gasteiger partial charge in [-0.25, -0.2) is 4.98 Å². The van der Waals surface area contributed by atoms with E-state index in [1.807, 2.05) is 30.4 Å². The Morgan fingerprint density at radius 2 is 1.50 bits per heavy atom. The minimum atomic E-state index is -0.473. The summed E-state index contributed by atoms with van der Waals surface area (Å²) in [6, 6.07) is 12.6. The van der Waals surface area contributed by atoms with Crippen LogP contribution in [0.3, 0.4) is 0 Å². The van der Waals surface area contributed by atoms with Crippen LogP contribution in [0.4, 0.5) is 0 Å². The molecule has 1 heterocycles. The summed E-state index contributed by atoms with van der Waals surface area (Å²) in [5.41, 5.74) is 2.02. The third-order valence-corrected chi connectivity index (χ3v) is 4.13. The SMILES string of the molecule is COc1cc(C=Cc2ccc3cccc(OC(C)=O)c3n2)cc(OC)c1OC(C)=O. The van der Waals surface area contributed by atoms with Gasteiger partial charge < -0.3 is 18.9 Å². The van der Waals surface area contributed by atoms with Crippen molar-refractivity contribution in [2.75, 3.05) is 14.2 Å². The van der Waals surface area contributed by atoms with E-state index in [1.54, 1.807) is 24.3 Å². The number of fused-ring (bicyclic) bond motifs is 1. The largest absolute Gasteiger partial charge is 0.493 e. The molecule has 0 aliphatic rings. The summed E-state index contributed by atoms with van der Waals surface area (Å²) in [6.45, 7) is 2.66. The number of esters is 2. The second kappa shape index (κ2) is 9.09. The quantitative estimate of drug-likeness (QED) is 0.446. The number of ether oxygens (including phenoxy) is 4. The van der Waals surface area contributed by atoms with Crippen LogP contribution in [-0.4, -0.2) is 31.1 Å². The summed E-state index contributed by atoms with van der Waals surface area (Å²) in [7, 11) is 2.97. The molecule has 2 aromatic carbocycles. The Labute approximate surface area is 173 Å². The molecule has 7 nitrogen and oxygen atoms in total. The minimum Gasteiger partial charge on any atom is -0.493 e. The van der Waals surface area contributed by atoms with Crippen molar-refractivity contribution in [3.8, 4) is 23.0 Å². The van der Waals surface area contributed by atoms with Crippen LogP contribution in [0.15, 0.2) is 42.5 Å². The Morgan fingerprint density at radius 1 is 0.833 bits per heavy atom. The van der Waals surface area contributed by atoms with E-state index in [-0.39, 0.29) is 5.75 Å². The third kappa shape index (κ3) is 4.75. The van der Waals surface area contributed by atoms with Crippen LogP contribution in [0.25, 0.3) is 23.1 Å². The number of nitrogens with zero attached hydrogens (tertiary/aromatic N) is 1. The zero-order chi connectivity index (χ0) is 21.7. The average Bonchev–Trinajstić information content (AvgIpc) is 2.72. The number of hydrogen-bond acceptors (Lipinski definition) is 7. The van der Waals surface area contributed by atoms with Crippen molar-refractivity contribution in [1.29, 1.82) is 0 Å². The summed E-state index contributed by atoms with van der Waals surface area (Å²) in [4.78, 5) is 27.3. The molecule has 0 saturated carbocycles. The molecule has 0 unspecified atom stereocenters. The van der Waals surface area contributed by atoms with Gasteiger partial charge in [0.05, 0.1) is 19.9 Å². The van der Waals surface area contributed by atoms with Gasteiger partial charge in [-0.15, -0.1) is 0 Å². The Balaban J connectivity index is 1.97. The van der Waals surface area contributed by atoms with E-state index in [1.165, 1.54) is 28.1 Å². The number of benzene rings is 2. The molecule has 154 valence electrons. The van der Waals surface area contributed by atoms with Gasteiger partial charge in [-0.1, -0.05) is 24.3 Å². The zero-order valence-corrected chi connectivity index (χ0v) is 17.1. The molecule has 0 aliphatic heterocycles. The smallest absolute Gasteiger partial charge is 0.308 e. The summed E-state index contributed by atoms with van der Waals surface area (Å²) >= 11 is 0.